The molecule has 0 atom stereocenters. The number of carbonyl (C=O) groups excluding carboxylic acids is 1. The van der Waals surface area contributed by atoms with E-state index in [1.54, 1.807) is 11.8 Å². The molecule has 3 aromatic carbocycles. The zero-order valence-electron chi connectivity index (χ0n) is 16.6. The van der Waals surface area contributed by atoms with E-state index in [-0.39, 0.29) is 12.5 Å². The van der Waals surface area contributed by atoms with Gasteiger partial charge < -0.3 is 9.88 Å². The first-order valence-electron chi connectivity index (χ1n) is 9.59. The van der Waals surface area contributed by atoms with Crippen LogP contribution in [0.25, 0.3) is 11.0 Å². The lowest BCUT2D eigenvalue weighted by Gasteiger charge is -2.12. The van der Waals surface area contributed by atoms with Gasteiger partial charge in [-0.2, -0.15) is 0 Å². The SMILES string of the molecule is Cc1ccc(C)c(NC(=O)Cn2c(SCc3ccccc3)nc3ccccc32)c1. The van der Waals surface area contributed by atoms with Crippen LogP contribution in [0.1, 0.15) is 16.7 Å². The number of thioether (sulfide) groups is 1. The van der Waals surface area contributed by atoms with Crippen molar-refractivity contribution in [2.45, 2.75) is 31.3 Å². The summed E-state index contributed by atoms with van der Waals surface area (Å²) >= 11 is 1.65. The Morgan fingerprint density at radius 3 is 2.59 bits per heavy atom. The molecule has 1 N–H and O–H groups in total. The zero-order valence-corrected chi connectivity index (χ0v) is 17.4. The summed E-state index contributed by atoms with van der Waals surface area (Å²) in [6, 6.07) is 24.3. The van der Waals surface area contributed by atoms with E-state index in [1.165, 1.54) is 5.56 Å². The third-order valence-electron chi connectivity index (χ3n) is 4.80. The lowest BCUT2D eigenvalue weighted by atomic mass is 10.1. The molecule has 0 aliphatic rings. The summed E-state index contributed by atoms with van der Waals surface area (Å²) in [4.78, 5) is 17.6. The molecule has 0 aliphatic heterocycles. The van der Waals surface area contributed by atoms with Crippen LogP contribution in [-0.4, -0.2) is 15.5 Å². The lowest BCUT2D eigenvalue weighted by Crippen LogP contribution is -2.19. The van der Waals surface area contributed by atoms with Gasteiger partial charge in [0, 0.05) is 11.4 Å². The van der Waals surface area contributed by atoms with Crippen LogP contribution in [0.2, 0.25) is 0 Å². The molecule has 1 aromatic heterocycles. The maximum absolute atomic E-state index is 12.8. The largest absolute Gasteiger partial charge is 0.324 e. The number of hydrogen-bond donors (Lipinski definition) is 1. The molecular formula is C24H23N3OS. The second-order valence-corrected chi connectivity index (χ2v) is 8.05. The van der Waals surface area contributed by atoms with Crippen LogP contribution >= 0.6 is 11.8 Å². The van der Waals surface area contributed by atoms with E-state index in [0.29, 0.717) is 0 Å². The third kappa shape index (κ3) is 4.51. The Bertz CT molecular complexity index is 1150. The number of para-hydroxylation sites is 2. The van der Waals surface area contributed by atoms with Crippen LogP contribution in [0, 0.1) is 13.8 Å². The van der Waals surface area contributed by atoms with E-state index in [0.717, 1.165) is 38.8 Å². The minimum atomic E-state index is -0.0524. The highest BCUT2D eigenvalue weighted by Gasteiger charge is 2.15. The number of nitrogens with zero attached hydrogens (tertiary/aromatic N) is 2. The summed E-state index contributed by atoms with van der Waals surface area (Å²) in [7, 11) is 0. The Kier molecular flexibility index (Phi) is 5.67. The van der Waals surface area contributed by atoms with Crippen molar-refractivity contribution in [3.05, 3.63) is 89.5 Å². The molecule has 4 aromatic rings. The zero-order chi connectivity index (χ0) is 20.2. The number of hydrogen-bond acceptors (Lipinski definition) is 3. The van der Waals surface area contributed by atoms with Crippen molar-refractivity contribution in [3.8, 4) is 0 Å². The van der Waals surface area contributed by atoms with Gasteiger partial charge in [-0.1, -0.05) is 66.4 Å². The molecule has 0 saturated heterocycles. The molecule has 29 heavy (non-hydrogen) atoms. The molecule has 0 unspecified atom stereocenters. The van der Waals surface area contributed by atoms with Crippen molar-refractivity contribution < 1.29 is 4.79 Å². The van der Waals surface area contributed by atoms with Gasteiger partial charge in [0.05, 0.1) is 11.0 Å². The highest BCUT2D eigenvalue weighted by Crippen LogP contribution is 2.27. The molecule has 0 radical (unpaired) electrons. The molecule has 4 rings (SSSR count). The van der Waals surface area contributed by atoms with Gasteiger partial charge in [-0.15, -0.1) is 0 Å². The second kappa shape index (κ2) is 8.53. The van der Waals surface area contributed by atoms with Crippen LogP contribution in [0.15, 0.2) is 78.0 Å². The van der Waals surface area contributed by atoms with Gasteiger partial charge in [-0.05, 0) is 48.7 Å². The minimum Gasteiger partial charge on any atom is -0.324 e. The van der Waals surface area contributed by atoms with Gasteiger partial charge in [0.1, 0.15) is 6.54 Å². The van der Waals surface area contributed by atoms with Crippen LogP contribution in [0.4, 0.5) is 5.69 Å². The molecule has 1 amide bonds. The summed E-state index contributed by atoms with van der Waals surface area (Å²) in [6.45, 7) is 4.25. The van der Waals surface area contributed by atoms with Crippen molar-refractivity contribution in [2.24, 2.45) is 0 Å². The third-order valence-corrected chi connectivity index (χ3v) is 5.85. The Morgan fingerprint density at radius 1 is 1.00 bits per heavy atom. The molecule has 1 heterocycles. The van der Waals surface area contributed by atoms with Crippen LogP contribution in [0.5, 0.6) is 0 Å². The van der Waals surface area contributed by atoms with Crippen LogP contribution < -0.4 is 5.32 Å². The quantitative estimate of drug-likeness (QED) is 0.429. The van der Waals surface area contributed by atoms with Crippen LogP contribution in [-0.2, 0) is 17.1 Å². The van der Waals surface area contributed by atoms with Crippen molar-refractivity contribution in [2.75, 3.05) is 5.32 Å². The number of imidazole rings is 1. The maximum Gasteiger partial charge on any atom is 0.244 e. The Hall–Kier alpha value is -3.05. The number of rotatable bonds is 6. The standard InChI is InChI=1S/C24H23N3OS/c1-17-12-13-18(2)21(14-17)25-23(28)15-27-22-11-7-6-10-20(22)26-24(27)29-16-19-8-4-3-5-9-19/h3-14H,15-16H2,1-2H3,(H,25,28). The van der Waals surface area contributed by atoms with Crippen molar-refractivity contribution >= 4 is 34.4 Å². The van der Waals surface area contributed by atoms with Gasteiger partial charge in [-0.3, -0.25) is 4.79 Å². The monoisotopic (exact) mass is 401 g/mol. The number of fused-ring (bicyclic) bond motifs is 1. The highest BCUT2D eigenvalue weighted by atomic mass is 32.2. The summed E-state index contributed by atoms with van der Waals surface area (Å²) < 4.78 is 2.00. The van der Waals surface area contributed by atoms with Crippen molar-refractivity contribution in [1.82, 2.24) is 9.55 Å². The number of carbonyl (C=O) groups is 1. The van der Waals surface area contributed by atoms with Gasteiger partial charge in [-0.25, -0.2) is 4.98 Å². The molecule has 0 aliphatic carbocycles. The summed E-state index contributed by atoms with van der Waals surface area (Å²) in [5.74, 6) is 0.756. The average molecular weight is 402 g/mol. The van der Waals surface area contributed by atoms with E-state index < -0.39 is 0 Å². The van der Waals surface area contributed by atoms with Gasteiger partial charge in [0.15, 0.2) is 5.16 Å². The number of benzene rings is 3. The molecular weight excluding hydrogens is 378 g/mol. The van der Waals surface area contributed by atoms with Gasteiger partial charge in [0.2, 0.25) is 5.91 Å². The molecule has 4 nitrogen and oxygen atoms in total. The van der Waals surface area contributed by atoms with Gasteiger partial charge in [0.25, 0.3) is 0 Å². The van der Waals surface area contributed by atoms with E-state index in [9.17, 15) is 4.79 Å². The predicted octanol–water partition coefficient (Wildman–Crippen LogP) is 5.58. The van der Waals surface area contributed by atoms with E-state index in [2.05, 4.69) is 17.4 Å². The first-order chi connectivity index (χ1) is 14.1. The molecule has 0 fully saturated rings. The lowest BCUT2D eigenvalue weighted by molar-refractivity contribution is -0.116. The molecule has 5 heteroatoms. The van der Waals surface area contributed by atoms with Gasteiger partial charge >= 0.3 is 0 Å². The van der Waals surface area contributed by atoms with Crippen molar-refractivity contribution in [3.63, 3.8) is 0 Å². The fourth-order valence-corrected chi connectivity index (χ4v) is 4.21. The number of aryl methyl sites for hydroxylation is 2. The Morgan fingerprint density at radius 2 is 1.76 bits per heavy atom. The molecule has 0 spiro atoms. The Labute approximate surface area is 175 Å². The van der Waals surface area contributed by atoms with E-state index in [1.807, 2.05) is 79.1 Å². The Balaban J connectivity index is 1.58. The number of aromatic nitrogens is 2. The van der Waals surface area contributed by atoms with Crippen molar-refractivity contribution in [1.29, 1.82) is 0 Å². The highest BCUT2D eigenvalue weighted by molar-refractivity contribution is 7.98. The first-order valence-corrected chi connectivity index (χ1v) is 10.6. The number of anilines is 1. The van der Waals surface area contributed by atoms with Crippen LogP contribution in [0.3, 0.4) is 0 Å². The molecule has 0 saturated carbocycles. The minimum absolute atomic E-state index is 0.0524. The van der Waals surface area contributed by atoms with E-state index in [4.69, 9.17) is 4.98 Å². The maximum atomic E-state index is 12.8. The fourth-order valence-electron chi connectivity index (χ4n) is 3.24. The summed E-state index contributed by atoms with van der Waals surface area (Å²) in [5.41, 5.74) is 6.15. The smallest absolute Gasteiger partial charge is 0.244 e. The predicted molar refractivity (Wildman–Crippen MR) is 120 cm³/mol. The number of nitrogens with one attached hydrogen (secondary N) is 1. The topological polar surface area (TPSA) is 46.9 Å². The fraction of sp³-hybridized carbons (Fsp3) is 0.167. The number of amides is 1. The normalized spacial score (nSPS) is 11.0. The second-order valence-electron chi connectivity index (χ2n) is 7.11. The summed E-state index contributed by atoms with van der Waals surface area (Å²) in [6.07, 6.45) is 0. The average Bonchev–Trinajstić information content (AvgIpc) is 3.07. The first kappa shape index (κ1) is 19.3. The molecule has 0 bridgehead atoms. The van der Waals surface area contributed by atoms with E-state index >= 15 is 0 Å². The summed E-state index contributed by atoms with van der Waals surface area (Å²) in [5, 5.41) is 3.91. The molecule has 146 valence electrons.